The number of anilines is 1. The third-order valence-corrected chi connectivity index (χ3v) is 11.5. The van der Waals surface area contributed by atoms with E-state index < -0.39 is 28.9 Å². The van der Waals surface area contributed by atoms with Crippen LogP contribution in [0.4, 0.5) is 5.69 Å². The molecule has 12 heteroatoms. The zero-order chi connectivity index (χ0) is 38.3. The van der Waals surface area contributed by atoms with E-state index in [-0.39, 0.29) is 60.2 Å². The molecule has 2 bridgehead atoms. The van der Waals surface area contributed by atoms with E-state index in [2.05, 4.69) is 33.7 Å². The van der Waals surface area contributed by atoms with E-state index in [4.69, 9.17) is 0 Å². The Morgan fingerprint density at radius 1 is 1.06 bits per heavy atom. The summed E-state index contributed by atoms with van der Waals surface area (Å²) in [5, 5.41) is 8.83. The van der Waals surface area contributed by atoms with Crippen LogP contribution in [0.2, 0.25) is 0 Å². The van der Waals surface area contributed by atoms with Crippen molar-refractivity contribution in [3.63, 3.8) is 0 Å². The Morgan fingerprint density at radius 3 is 2.53 bits per heavy atom. The van der Waals surface area contributed by atoms with Gasteiger partial charge in [0.2, 0.25) is 23.6 Å². The highest BCUT2D eigenvalue weighted by atomic mass is 16.5. The minimum Gasteiger partial charge on any atom is -0.466 e. The quantitative estimate of drug-likeness (QED) is 0.208. The molecule has 0 aliphatic heterocycles. The molecule has 4 amide bonds. The van der Waals surface area contributed by atoms with E-state index in [1.54, 1.807) is 31.1 Å². The number of nitrogens with one attached hydrogen (secondary N) is 3. The molecule has 6 unspecified atom stereocenters. The van der Waals surface area contributed by atoms with Gasteiger partial charge in [-0.3, -0.25) is 24.0 Å². The molecule has 3 aliphatic carbocycles. The van der Waals surface area contributed by atoms with E-state index in [1.165, 1.54) is 35.6 Å². The highest BCUT2D eigenvalue weighted by Crippen LogP contribution is 2.51. The van der Waals surface area contributed by atoms with Gasteiger partial charge >= 0.3 is 5.97 Å². The van der Waals surface area contributed by atoms with Crippen molar-refractivity contribution in [2.45, 2.75) is 96.7 Å². The number of hydrogen-bond donors (Lipinski definition) is 3. The largest absolute Gasteiger partial charge is 0.466 e. The highest BCUT2D eigenvalue weighted by molar-refractivity contribution is 5.97. The number of fused-ring (bicyclic) bond motifs is 3. The predicted octanol–water partition coefficient (Wildman–Crippen LogP) is 4.01. The summed E-state index contributed by atoms with van der Waals surface area (Å²) in [7, 11) is 4.85. The number of amides is 4. The molecule has 2 fully saturated rings. The van der Waals surface area contributed by atoms with E-state index >= 15 is 0 Å². The van der Waals surface area contributed by atoms with Crippen LogP contribution < -0.4 is 21.5 Å². The number of ether oxygens (including phenoxy) is 1. The summed E-state index contributed by atoms with van der Waals surface area (Å²) in [4.78, 5) is 80.7. The molecule has 12 nitrogen and oxygen atoms in total. The average molecular weight is 730 g/mol. The maximum atomic E-state index is 13.7. The zero-order valence-electron chi connectivity index (χ0n) is 31.7. The lowest BCUT2D eigenvalue weighted by molar-refractivity contribution is -0.145. The van der Waals surface area contributed by atoms with Gasteiger partial charge in [0.15, 0.2) is 0 Å². The Hall–Kier alpha value is -4.74. The molecule has 2 saturated carbocycles. The molecule has 2 aromatic rings. The van der Waals surface area contributed by atoms with Crippen molar-refractivity contribution < 1.29 is 28.7 Å². The van der Waals surface area contributed by atoms with Gasteiger partial charge in [-0.15, -0.1) is 0 Å². The Bertz CT molecular complexity index is 1770. The van der Waals surface area contributed by atoms with Gasteiger partial charge in [-0.2, -0.15) is 0 Å². The number of pyridine rings is 1. The normalized spacial score (nSPS) is 25.4. The van der Waals surface area contributed by atoms with Crippen LogP contribution in [0.25, 0.3) is 0 Å². The number of carbonyl (C=O) groups excluding carboxylic acids is 5. The third kappa shape index (κ3) is 9.63. The first-order valence-corrected chi connectivity index (χ1v) is 18.9. The second kappa shape index (κ2) is 17.4. The monoisotopic (exact) mass is 729 g/mol. The molecule has 1 aromatic heterocycles. The van der Waals surface area contributed by atoms with E-state index in [0.717, 1.165) is 37.7 Å². The molecule has 7 atom stereocenters. The summed E-state index contributed by atoms with van der Waals surface area (Å²) in [6.07, 6.45) is 11.2. The number of esters is 1. The summed E-state index contributed by atoms with van der Waals surface area (Å²) < 4.78 is 5.92. The number of nitrogens with zero attached hydrogens (tertiary/aromatic N) is 2. The summed E-state index contributed by atoms with van der Waals surface area (Å²) in [5.41, 5.74) is 1.30. The third-order valence-electron chi connectivity index (χ3n) is 11.5. The van der Waals surface area contributed by atoms with Crippen molar-refractivity contribution in [3.05, 3.63) is 76.2 Å². The fourth-order valence-corrected chi connectivity index (χ4v) is 9.03. The van der Waals surface area contributed by atoms with Crippen LogP contribution in [0.1, 0.15) is 76.3 Å². The van der Waals surface area contributed by atoms with Gasteiger partial charge in [0.25, 0.3) is 5.56 Å². The number of methoxy groups -OCH3 is 1. The van der Waals surface area contributed by atoms with Gasteiger partial charge < -0.3 is 30.2 Å². The average Bonchev–Trinajstić information content (AvgIpc) is 3.14. The first kappa shape index (κ1) is 39.5. The topological polar surface area (TPSA) is 156 Å². The number of aryl methyl sites for hydroxylation is 1. The Kier molecular flexibility index (Phi) is 13.0. The maximum Gasteiger partial charge on any atom is 0.330 e. The van der Waals surface area contributed by atoms with Crippen molar-refractivity contribution in [3.8, 4) is 0 Å². The molecule has 53 heavy (non-hydrogen) atoms. The van der Waals surface area contributed by atoms with E-state index in [9.17, 15) is 28.8 Å². The Balaban J connectivity index is 1.26. The van der Waals surface area contributed by atoms with Crippen LogP contribution >= 0.6 is 0 Å². The molecule has 5 rings (SSSR count). The fraction of sp³-hybridized carbons (Fsp3) is 0.561. The van der Waals surface area contributed by atoms with E-state index in [1.807, 2.05) is 25.1 Å². The standard InChI is InChI=1S/C41H55N5O7/c1-6-27-20-26-21-31(24-41(2,23-26)40(52)45(3)4)36(27)44-34(47)25-46-19-11-15-33(39(46)51)43-38(50)32(14-9-10-16-35(48)53-5)42-37(49)30-18-17-28-12-7-8-13-29(28)22-30/h7-8,10-13,15-16,19,26-27,30-32,36H,6,9,14,17-18,20-25H2,1-5H3,(H,42,49)(H,43,50)(H,44,47)/b16-10+/t26?,27?,30?,31?,32-,36?,41?/m0/s1. The van der Waals surface area contributed by atoms with Crippen LogP contribution in [-0.4, -0.2) is 72.4 Å². The summed E-state index contributed by atoms with van der Waals surface area (Å²) in [6, 6.07) is 10.00. The SMILES string of the molecule is CCC1CC2CC(CC(C)(C(=O)N(C)C)C2)C1NC(=O)Cn1cccc(NC(=O)[C@H](CC/C=C/C(=O)OC)NC(=O)C2CCc3ccccc3C2)c1=O. The minimum atomic E-state index is -0.986. The van der Waals surface area contributed by atoms with Gasteiger partial charge in [-0.25, -0.2) is 4.79 Å². The number of aromatic nitrogens is 1. The molecule has 286 valence electrons. The lowest BCUT2D eigenvalue weighted by Crippen LogP contribution is -2.55. The molecular formula is C41H55N5O7. The van der Waals surface area contributed by atoms with Gasteiger partial charge in [-0.05, 0) is 98.8 Å². The minimum absolute atomic E-state index is 0.0153. The number of allylic oxidation sites excluding steroid dienone is 1. The molecule has 3 N–H and O–H groups in total. The molecule has 3 aliphatic rings. The Morgan fingerprint density at radius 2 is 1.81 bits per heavy atom. The zero-order valence-corrected chi connectivity index (χ0v) is 31.7. The predicted molar refractivity (Wildman–Crippen MR) is 202 cm³/mol. The van der Waals surface area contributed by atoms with Crippen molar-refractivity contribution >= 4 is 35.3 Å². The molecule has 0 radical (unpaired) electrons. The van der Waals surface area contributed by atoms with Crippen molar-refractivity contribution in [2.24, 2.45) is 29.1 Å². The highest BCUT2D eigenvalue weighted by Gasteiger charge is 2.50. The van der Waals surface area contributed by atoms with Crippen molar-refractivity contribution in [1.29, 1.82) is 0 Å². The first-order valence-electron chi connectivity index (χ1n) is 18.9. The van der Waals surface area contributed by atoms with Crippen LogP contribution in [-0.2, 0) is 48.1 Å². The Labute approximate surface area is 312 Å². The van der Waals surface area contributed by atoms with Gasteiger partial charge in [-0.1, -0.05) is 50.6 Å². The fourth-order valence-electron chi connectivity index (χ4n) is 9.03. The molecule has 0 spiro atoms. The second-order valence-electron chi connectivity index (χ2n) is 15.6. The van der Waals surface area contributed by atoms with E-state index in [0.29, 0.717) is 31.6 Å². The van der Waals surface area contributed by atoms with Gasteiger partial charge in [0.05, 0.1) is 7.11 Å². The molecule has 1 heterocycles. The van der Waals surface area contributed by atoms with Crippen LogP contribution in [0, 0.1) is 29.1 Å². The molecular weight excluding hydrogens is 674 g/mol. The van der Waals surface area contributed by atoms with Crippen molar-refractivity contribution in [2.75, 3.05) is 26.5 Å². The second-order valence-corrected chi connectivity index (χ2v) is 15.6. The number of benzene rings is 1. The maximum absolute atomic E-state index is 13.7. The number of carbonyl (C=O) groups is 5. The van der Waals surface area contributed by atoms with Gasteiger partial charge in [0.1, 0.15) is 18.3 Å². The smallest absolute Gasteiger partial charge is 0.330 e. The number of rotatable bonds is 13. The van der Waals surface area contributed by atoms with Crippen LogP contribution in [0.5, 0.6) is 0 Å². The summed E-state index contributed by atoms with van der Waals surface area (Å²) in [6.45, 7) is 3.94. The summed E-state index contributed by atoms with van der Waals surface area (Å²) in [5.74, 6) is -0.973. The molecule has 0 saturated heterocycles. The number of hydrogen-bond acceptors (Lipinski definition) is 7. The lowest BCUT2D eigenvalue weighted by Gasteiger charge is -2.51. The molecule has 1 aromatic carbocycles. The van der Waals surface area contributed by atoms with Gasteiger partial charge in [0, 0.05) is 43.7 Å². The van der Waals surface area contributed by atoms with Crippen molar-refractivity contribution in [1.82, 2.24) is 20.1 Å². The lowest BCUT2D eigenvalue weighted by atomic mass is 9.56. The first-order chi connectivity index (χ1) is 25.3. The van der Waals surface area contributed by atoms with Crippen LogP contribution in [0.15, 0.2) is 59.5 Å². The van der Waals surface area contributed by atoms with Crippen LogP contribution in [0.3, 0.4) is 0 Å². The summed E-state index contributed by atoms with van der Waals surface area (Å²) >= 11 is 0.